The molecule has 0 radical (unpaired) electrons. The molecule has 1 amide bonds. The Morgan fingerprint density at radius 3 is 3.00 bits per heavy atom. The van der Waals surface area contributed by atoms with Gasteiger partial charge in [-0.2, -0.15) is 0 Å². The van der Waals surface area contributed by atoms with E-state index in [0.29, 0.717) is 29.0 Å². The fraction of sp³-hybridized carbons (Fsp3) is 0.263. The van der Waals surface area contributed by atoms with Crippen LogP contribution in [-0.4, -0.2) is 27.0 Å². The normalized spacial score (nSPS) is 12.8. The standard InChI is InChI=1S/C19H18N4O3/c1-12-4-7-16(20-10-12)22-18(24)11-26-13-5-6-15-14(9-13)19(25)23-8-2-3-17(23)21-15/h4-7,9-10H,2-3,8,11H2,1H3,(H,20,22,24). The predicted octanol–water partition coefficient (Wildman–Crippen LogP) is 2.06. The summed E-state index contributed by atoms with van der Waals surface area (Å²) >= 11 is 0. The lowest BCUT2D eigenvalue weighted by atomic mass is 10.2. The fourth-order valence-electron chi connectivity index (χ4n) is 3.02. The summed E-state index contributed by atoms with van der Waals surface area (Å²) in [5.41, 5.74) is 1.62. The van der Waals surface area contributed by atoms with Gasteiger partial charge >= 0.3 is 0 Å². The fourth-order valence-corrected chi connectivity index (χ4v) is 3.02. The minimum Gasteiger partial charge on any atom is -0.484 e. The van der Waals surface area contributed by atoms with Gasteiger partial charge in [0.15, 0.2) is 6.61 Å². The smallest absolute Gasteiger partial charge is 0.263 e. The Labute approximate surface area is 149 Å². The molecule has 7 heteroatoms. The topological polar surface area (TPSA) is 86.1 Å². The number of aromatic nitrogens is 3. The first kappa shape index (κ1) is 16.3. The Balaban J connectivity index is 1.48. The number of amides is 1. The van der Waals surface area contributed by atoms with Crippen LogP contribution < -0.4 is 15.6 Å². The van der Waals surface area contributed by atoms with Crippen molar-refractivity contribution in [2.24, 2.45) is 0 Å². The van der Waals surface area contributed by atoms with E-state index in [0.717, 1.165) is 24.2 Å². The van der Waals surface area contributed by atoms with Gasteiger partial charge in [-0.05, 0) is 43.2 Å². The van der Waals surface area contributed by atoms with E-state index in [4.69, 9.17) is 4.74 Å². The maximum atomic E-state index is 12.6. The summed E-state index contributed by atoms with van der Waals surface area (Å²) in [6, 6.07) is 8.72. The molecule has 0 fully saturated rings. The van der Waals surface area contributed by atoms with Crippen molar-refractivity contribution in [2.75, 3.05) is 11.9 Å². The third kappa shape index (κ3) is 3.15. The van der Waals surface area contributed by atoms with Gasteiger partial charge in [0.2, 0.25) is 0 Å². The predicted molar refractivity (Wildman–Crippen MR) is 97.4 cm³/mol. The quantitative estimate of drug-likeness (QED) is 0.778. The zero-order valence-electron chi connectivity index (χ0n) is 14.4. The van der Waals surface area contributed by atoms with Gasteiger partial charge in [-0.25, -0.2) is 9.97 Å². The summed E-state index contributed by atoms with van der Waals surface area (Å²) in [4.78, 5) is 33.2. The van der Waals surface area contributed by atoms with E-state index < -0.39 is 0 Å². The highest BCUT2D eigenvalue weighted by atomic mass is 16.5. The molecule has 1 aromatic carbocycles. The Bertz CT molecular complexity index is 1040. The number of aryl methyl sites for hydroxylation is 2. The van der Waals surface area contributed by atoms with E-state index in [2.05, 4.69) is 15.3 Å². The first-order valence-electron chi connectivity index (χ1n) is 8.49. The Morgan fingerprint density at radius 1 is 1.31 bits per heavy atom. The van der Waals surface area contributed by atoms with E-state index in [1.807, 2.05) is 13.0 Å². The van der Waals surface area contributed by atoms with Gasteiger partial charge in [0.05, 0.1) is 10.9 Å². The molecular weight excluding hydrogens is 332 g/mol. The number of hydrogen-bond donors (Lipinski definition) is 1. The number of rotatable bonds is 4. The average Bonchev–Trinajstić information content (AvgIpc) is 3.11. The van der Waals surface area contributed by atoms with Crippen LogP contribution in [0.1, 0.15) is 17.8 Å². The Hall–Kier alpha value is -3.22. The van der Waals surface area contributed by atoms with Crippen molar-refractivity contribution < 1.29 is 9.53 Å². The van der Waals surface area contributed by atoms with E-state index >= 15 is 0 Å². The van der Waals surface area contributed by atoms with Crippen LogP contribution in [0.2, 0.25) is 0 Å². The number of ether oxygens (including phenoxy) is 1. The third-order valence-corrected chi connectivity index (χ3v) is 4.34. The summed E-state index contributed by atoms with van der Waals surface area (Å²) in [6.45, 7) is 2.46. The molecule has 3 aromatic rings. The first-order valence-corrected chi connectivity index (χ1v) is 8.49. The molecule has 1 aliphatic rings. The molecule has 3 heterocycles. The van der Waals surface area contributed by atoms with E-state index in [-0.39, 0.29) is 18.1 Å². The van der Waals surface area contributed by atoms with Crippen LogP contribution >= 0.6 is 0 Å². The van der Waals surface area contributed by atoms with Crippen molar-refractivity contribution in [3.63, 3.8) is 0 Å². The lowest BCUT2D eigenvalue weighted by Crippen LogP contribution is -2.22. The van der Waals surface area contributed by atoms with Gasteiger partial charge in [-0.3, -0.25) is 14.2 Å². The third-order valence-electron chi connectivity index (χ3n) is 4.34. The molecule has 0 saturated carbocycles. The van der Waals surface area contributed by atoms with Crippen molar-refractivity contribution in [3.05, 3.63) is 58.3 Å². The van der Waals surface area contributed by atoms with Crippen LogP contribution in [0, 0.1) is 6.92 Å². The van der Waals surface area contributed by atoms with Crippen molar-refractivity contribution in [2.45, 2.75) is 26.3 Å². The minimum atomic E-state index is -0.315. The SMILES string of the molecule is Cc1ccc(NC(=O)COc2ccc3nc4n(c(=O)c3c2)CCC4)nc1. The van der Waals surface area contributed by atoms with Crippen molar-refractivity contribution >= 4 is 22.6 Å². The lowest BCUT2D eigenvalue weighted by molar-refractivity contribution is -0.118. The zero-order chi connectivity index (χ0) is 18.1. The number of benzene rings is 1. The van der Waals surface area contributed by atoms with Gasteiger partial charge in [-0.15, -0.1) is 0 Å². The lowest BCUT2D eigenvalue weighted by Gasteiger charge is -2.09. The van der Waals surface area contributed by atoms with Gasteiger partial charge in [-0.1, -0.05) is 6.07 Å². The second-order valence-electron chi connectivity index (χ2n) is 6.32. The molecule has 1 N–H and O–H groups in total. The Kier molecular flexibility index (Phi) is 4.12. The van der Waals surface area contributed by atoms with Gasteiger partial charge in [0.1, 0.15) is 17.4 Å². The highest BCUT2D eigenvalue weighted by molar-refractivity contribution is 5.91. The molecule has 132 valence electrons. The van der Waals surface area contributed by atoms with E-state index in [1.54, 1.807) is 35.0 Å². The molecule has 0 aliphatic carbocycles. The Morgan fingerprint density at radius 2 is 2.19 bits per heavy atom. The number of nitrogens with one attached hydrogen (secondary N) is 1. The number of anilines is 1. The van der Waals surface area contributed by atoms with Crippen molar-refractivity contribution in [1.29, 1.82) is 0 Å². The molecule has 0 saturated heterocycles. The number of fused-ring (bicyclic) bond motifs is 2. The second kappa shape index (κ2) is 6.59. The van der Waals surface area contributed by atoms with Gasteiger partial charge in [0.25, 0.3) is 11.5 Å². The van der Waals surface area contributed by atoms with E-state index in [1.165, 1.54) is 0 Å². The van der Waals surface area contributed by atoms with Crippen LogP contribution in [-0.2, 0) is 17.8 Å². The van der Waals surface area contributed by atoms with Crippen molar-refractivity contribution in [3.8, 4) is 5.75 Å². The van der Waals surface area contributed by atoms with Crippen LogP contribution in [0.5, 0.6) is 5.75 Å². The maximum absolute atomic E-state index is 12.6. The largest absolute Gasteiger partial charge is 0.484 e. The molecule has 0 unspecified atom stereocenters. The highest BCUT2D eigenvalue weighted by Gasteiger charge is 2.16. The van der Waals surface area contributed by atoms with Crippen LogP contribution in [0.4, 0.5) is 5.82 Å². The number of carbonyl (C=O) groups excluding carboxylic acids is 1. The number of carbonyl (C=O) groups is 1. The van der Waals surface area contributed by atoms with Crippen LogP contribution in [0.25, 0.3) is 10.9 Å². The molecule has 2 aromatic heterocycles. The minimum absolute atomic E-state index is 0.0544. The molecule has 0 bridgehead atoms. The average molecular weight is 350 g/mol. The summed E-state index contributed by atoms with van der Waals surface area (Å²) in [5.74, 6) is 1.45. The number of pyridine rings is 1. The van der Waals surface area contributed by atoms with Gasteiger partial charge < -0.3 is 10.1 Å². The zero-order valence-corrected chi connectivity index (χ0v) is 14.4. The summed E-state index contributed by atoms with van der Waals surface area (Å²) < 4.78 is 7.24. The molecule has 0 atom stereocenters. The summed E-state index contributed by atoms with van der Waals surface area (Å²) in [7, 11) is 0. The molecular formula is C19H18N4O3. The first-order chi connectivity index (χ1) is 12.6. The van der Waals surface area contributed by atoms with Crippen molar-refractivity contribution in [1.82, 2.24) is 14.5 Å². The molecule has 1 aliphatic heterocycles. The summed E-state index contributed by atoms with van der Waals surface area (Å²) in [6.07, 6.45) is 3.45. The van der Waals surface area contributed by atoms with Crippen LogP contribution in [0.3, 0.4) is 0 Å². The molecule has 7 nitrogen and oxygen atoms in total. The monoisotopic (exact) mass is 350 g/mol. The van der Waals surface area contributed by atoms with E-state index in [9.17, 15) is 9.59 Å². The number of hydrogen-bond acceptors (Lipinski definition) is 5. The highest BCUT2D eigenvalue weighted by Crippen LogP contribution is 2.19. The number of nitrogens with zero attached hydrogens (tertiary/aromatic N) is 3. The molecule has 26 heavy (non-hydrogen) atoms. The molecule has 4 rings (SSSR count). The molecule has 0 spiro atoms. The van der Waals surface area contributed by atoms with Crippen LogP contribution in [0.15, 0.2) is 41.3 Å². The summed E-state index contributed by atoms with van der Waals surface area (Å²) in [5, 5.41) is 3.18. The maximum Gasteiger partial charge on any atom is 0.263 e. The van der Waals surface area contributed by atoms with Gasteiger partial charge in [0, 0.05) is 19.2 Å². The second-order valence-corrected chi connectivity index (χ2v) is 6.32.